The van der Waals surface area contributed by atoms with Gasteiger partial charge < -0.3 is 10.6 Å². The number of aromatic nitrogens is 2. The summed E-state index contributed by atoms with van der Waals surface area (Å²) >= 11 is 2.92. The maximum atomic E-state index is 12.3. The predicted molar refractivity (Wildman–Crippen MR) is 83.0 cm³/mol. The van der Waals surface area contributed by atoms with Gasteiger partial charge >= 0.3 is 0 Å². The molecule has 2 N–H and O–H groups in total. The fraction of sp³-hybridized carbons (Fsp3) is 0.462. The van der Waals surface area contributed by atoms with Crippen molar-refractivity contribution < 1.29 is 4.79 Å². The van der Waals surface area contributed by atoms with Crippen LogP contribution in [0.25, 0.3) is 10.2 Å². The van der Waals surface area contributed by atoms with Gasteiger partial charge in [0.15, 0.2) is 5.16 Å². The van der Waals surface area contributed by atoms with Crippen molar-refractivity contribution in [3.63, 3.8) is 0 Å². The van der Waals surface area contributed by atoms with Crippen LogP contribution in [0, 0.1) is 0 Å². The molecule has 1 aliphatic rings. The van der Waals surface area contributed by atoms with Crippen LogP contribution in [0.4, 0.5) is 5.82 Å². The fourth-order valence-electron chi connectivity index (χ4n) is 2.31. The maximum Gasteiger partial charge on any atom is 0.235 e. The lowest BCUT2D eigenvalue weighted by Gasteiger charge is -2.19. The van der Waals surface area contributed by atoms with Gasteiger partial charge in [0.05, 0.1) is 10.6 Å². The standard InChI is InChI=1S/C13H16N4OS2/c1-8(12(18)17-5-2-3-6-17)20-13-15-10(14)9-4-7-19-11(9)16-13/h4,7-8H,2-3,5-6H2,1H3,(H2,14,15,16). The molecule has 106 valence electrons. The van der Waals surface area contributed by atoms with Crippen molar-refractivity contribution in [1.82, 2.24) is 14.9 Å². The molecule has 3 heterocycles. The number of carbonyl (C=O) groups is 1. The minimum Gasteiger partial charge on any atom is -0.383 e. The lowest BCUT2D eigenvalue weighted by atomic mass is 10.4. The second-order valence-corrected chi connectivity index (χ2v) is 7.03. The van der Waals surface area contributed by atoms with E-state index in [1.54, 1.807) is 0 Å². The summed E-state index contributed by atoms with van der Waals surface area (Å²) < 4.78 is 0. The zero-order chi connectivity index (χ0) is 14.1. The third-order valence-electron chi connectivity index (χ3n) is 3.38. The Balaban J connectivity index is 1.76. The summed E-state index contributed by atoms with van der Waals surface area (Å²) in [5.74, 6) is 0.653. The van der Waals surface area contributed by atoms with Gasteiger partial charge in [-0.05, 0) is 31.2 Å². The SMILES string of the molecule is CC(Sc1nc(N)c2ccsc2n1)C(=O)N1CCCC1. The number of anilines is 1. The van der Waals surface area contributed by atoms with Crippen LogP contribution in [0.3, 0.4) is 0 Å². The Labute approximate surface area is 125 Å². The zero-order valence-corrected chi connectivity index (χ0v) is 12.8. The maximum absolute atomic E-state index is 12.3. The first-order chi connectivity index (χ1) is 9.65. The van der Waals surface area contributed by atoms with Gasteiger partial charge in [-0.3, -0.25) is 4.79 Å². The molecule has 2 aromatic heterocycles. The van der Waals surface area contributed by atoms with Gasteiger partial charge in [-0.1, -0.05) is 11.8 Å². The lowest BCUT2D eigenvalue weighted by molar-refractivity contribution is -0.129. The van der Waals surface area contributed by atoms with E-state index in [9.17, 15) is 4.79 Å². The van der Waals surface area contributed by atoms with Gasteiger partial charge in [0.1, 0.15) is 10.6 Å². The average Bonchev–Trinajstić information content (AvgIpc) is 3.08. The molecule has 20 heavy (non-hydrogen) atoms. The van der Waals surface area contributed by atoms with E-state index in [-0.39, 0.29) is 11.2 Å². The third kappa shape index (κ3) is 2.60. The van der Waals surface area contributed by atoms with E-state index < -0.39 is 0 Å². The molecule has 0 spiro atoms. The number of nitrogens with two attached hydrogens (primary N) is 1. The van der Waals surface area contributed by atoms with Gasteiger partial charge in [-0.15, -0.1) is 11.3 Å². The molecular weight excluding hydrogens is 292 g/mol. The number of carbonyl (C=O) groups excluding carboxylic acids is 1. The quantitative estimate of drug-likeness (QED) is 0.696. The topological polar surface area (TPSA) is 72.1 Å². The van der Waals surface area contributed by atoms with Gasteiger partial charge in [-0.25, -0.2) is 9.97 Å². The molecule has 1 amide bonds. The Kier molecular flexibility index (Phi) is 3.80. The second-order valence-electron chi connectivity index (χ2n) is 4.82. The van der Waals surface area contributed by atoms with Crippen molar-refractivity contribution in [3.8, 4) is 0 Å². The van der Waals surface area contributed by atoms with Crippen LogP contribution < -0.4 is 5.73 Å². The Morgan fingerprint density at radius 3 is 2.95 bits per heavy atom. The largest absolute Gasteiger partial charge is 0.383 e. The Hall–Kier alpha value is -1.34. The van der Waals surface area contributed by atoms with Crippen molar-refractivity contribution in [1.29, 1.82) is 0 Å². The lowest BCUT2D eigenvalue weighted by Crippen LogP contribution is -2.34. The van der Waals surface area contributed by atoms with E-state index >= 15 is 0 Å². The highest BCUT2D eigenvalue weighted by atomic mass is 32.2. The summed E-state index contributed by atoms with van der Waals surface area (Å²) in [6.45, 7) is 3.65. The molecule has 0 aliphatic carbocycles. The van der Waals surface area contributed by atoms with Crippen LogP contribution in [0.2, 0.25) is 0 Å². The summed E-state index contributed by atoms with van der Waals surface area (Å²) in [7, 11) is 0. The zero-order valence-electron chi connectivity index (χ0n) is 11.2. The monoisotopic (exact) mass is 308 g/mol. The fourth-order valence-corrected chi connectivity index (χ4v) is 4.00. The second kappa shape index (κ2) is 5.57. The van der Waals surface area contributed by atoms with E-state index in [0.29, 0.717) is 11.0 Å². The van der Waals surface area contributed by atoms with E-state index in [2.05, 4.69) is 9.97 Å². The third-order valence-corrected chi connectivity index (χ3v) is 5.14. The number of rotatable bonds is 3. The van der Waals surface area contributed by atoms with Crippen LogP contribution >= 0.6 is 23.1 Å². The molecule has 1 aliphatic heterocycles. The average molecular weight is 308 g/mol. The van der Waals surface area contributed by atoms with Crippen molar-refractivity contribution in [2.45, 2.75) is 30.2 Å². The van der Waals surface area contributed by atoms with E-state index in [0.717, 1.165) is 36.1 Å². The highest BCUT2D eigenvalue weighted by Crippen LogP contribution is 2.29. The number of likely N-dealkylation sites (tertiary alicyclic amines) is 1. The Morgan fingerprint density at radius 2 is 2.20 bits per heavy atom. The summed E-state index contributed by atoms with van der Waals surface area (Å²) in [6, 6.07) is 1.92. The molecule has 0 radical (unpaired) electrons. The molecule has 1 unspecified atom stereocenters. The van der Waals surface area contributed by atoms with Crippen molar-refractivity contribution in [3.05, 3.63) is 11.4 Å². The number of fused-ring (bicyclic) bond motifs is 1. The smallest absolute Gasteiger partial charge is 0.235 e. The first-order valence-electron chi connectivity index (χ1n) is 6.61. The minimum atomic E-state index is -0.176. The summed E-state index contributed by atoms with van der Waals surface area (Å²) in [6.07, 6.45) is 2.21. The highest BCUT2D eigenvalue weighted by molar-refractivity contribution is 8.00. The summed E-state index contributed by atoms with van der Waals surface area (Å²) in [4.78, 5) is 23.8. The minimum absolute atomic E-state index is 0.168. The first-order valence-corrected chi connectivity index (χ1v) is 8.37. The van der Waals surface area contributed by atoms with E-state index in [1.165, 1.54) is 23.1 Å². The van der Waals surface area contributed by atoms with E-state index in [1.807, 2.05) is 23.3 Å². The number of thiophene rings is 1. The highest BCUT2D eigenvalue weighted by Gasteiger charge is 2.25. The molecule has 3 rings (SSSR count). The molecule has 0 saturated carbocycles. The Bertz CT molecular complexity index is 636. The number of amides is 1. The van der Waals surface area contributed by atoms with Crippen LogP contribution in [0.1, 0.15) is 19.8 Å². The first kappa shape index (κ1) is 13.6. The van der Waals surface area contributed by atoms with Crippen molar-refractivity contribution in [2.24, 2.45) is 0 Å². The molecule has 1 fully saturated rings. The molecule has 5 nitrogen and oxygen atoms in total. The van der Waals surface area contributed by atoms with Crippen molar-refractivity contribution >= 4 is 45.0 Å². The molecule has 0 bridgehead atoms. The summed E-state index contributed by atoms with van der Waals surface area (Å²) in [5, 5.41) is 3.24. The molecule has 7 heteroatoms. The van der Waals surface area contributed by atoms with Gasteiger partial charge in [0, 0.05) is 13.1 Å². The number of thioether (sulfide) groups is 1. The number of nitrogen functional groups attached to an aromatic ring is 1. The number of hydrogen-bond acceptors (Lipinski definition) is 6. The normalized spacial score (nSPS) is 16.8. The van der Waals surface area contributed by atoms with Crippen molar-refractivity contribution in [2.75, 3.05) is 18.8 Å². The van der Waals surface area contributed by atoms with Gasteiger partial charge in [-0.2, -0.15) is 0 Å². The molecular formula is C13H16N4OS2. The van der Waals surface area contributed by atoms with Crippen LogP contribution in [-0.4, -0.2) is 39.1 Å². The van der Waals surface area contributed by atoms with Crippen LogP contribution in [0.15, 0.2) is 16.6 Å². The van der Waals surface area contributed by atoms with Gasteiger partial charge in [0.25, 0.3) is 0 Å². The Morgan fingerprint density at radius 1 is 1.45 bits per heavy atom. The predicted octanol–water partition coefficient (Wildman–Crippen LogP) is 2.38. The number of nitrogens with zero attached hydrogens (tertiary/aromatic N) is 3. The van der Waals surface area contributed by atoms with E-state index in [4.69, 9.17) is 5.73 Å². The molecule has 1 saturated heterocycles. The van der Waals surface area contributed by atoms with Crippen LogP contribution in [-0.2, 0) is 4.79 Å². The summed E-state index contributed by atoms with van der Waals surface area (Å²) in [5.41, 5.74) is 5.92. The molecule has 0 aromatic carbocycles. The molecule has 1 atom stereocenters. The van der Waals surface area contributed by atoms with Gasteiger partial charge in [0.2, 0.25) is 5.91 Å². The molecule has 2 aromatic rings. The van der Waals surface area contributed by atoms with Crippen LogP contribution in [0.5, 0.6) is 0 Å². The number of hydrogen-bond donors (Lipinski definition) is 1.